The number of carbonyl (C=O) groups is 2. The van der Waals surface area contributed by atoms with E-state index in [4.69, 9.17) is 4.74 Å². The highest BCUT2D eigenvalue weighted by Crippen LogP contribution is 2.42. The summed E-state index contributed by atoms with van der Waals surface area (Å²) in [5.74, 6) is -0.913. The standard InChI is InChI=1S/C30H25NO4/c1-19(2)35-25-16-14-24(15-17-25)31-27(21-9-4-3-5-10-21)26(29(33)30(31)34)28(32)23-13-12-20-8-6-7-11-22(20)18-23/h3-19,27,32H,1-2H3/b28-26-. The number of aliphatic hydroxyl groups excluding tert-OH is 1. The number of Topliss-reactive ketones (excluding diaryl/α,β-unsaturated/α-hetero) is 1. The van der Waals surface area contributed by atoms with Crippen LogP contribution in [-0.4, -0.2) is 22.9 Å². The number of ketones is 1. The van der Waals surface area contributed by atoms with Crippen molar-refractivity contribution < 1.29 is 19.4 Å². The van der Waals surface area contributed by atoms with Crippen LogP contribution in [0.25, 0.3) is 16.5 Å². The second-order valence-corrected chi connectivity index (χ2v) is 8.80. The van der Waals surface area contributed by atoms with Crippen LogP contribution in [0.4, 0.5) is 5.69 Å². The lowest BCUT2D eigenvalue weighted by Gasteiger charge is -2.25. The third-order valence-electron chi connectivity index (χ3n) is 6.07. The lowest BCUT2D eigenvalue weighted by Crippen LogP contribution is -2.29. The van der Waals surface area contributed by atoms with Crippen molar-refractivity contribution in [3.05, 3.63) is 114 Å². The molecule has 5 nitrogen and oxygen atoms in total. The Morgan fingerprint density at radius 2 is 1.49 bits per heavy atom. The van der Waals surface area contributed by atoms with E-state index in [2.05, 4.69) is 0 Å². The van der Waals surface area contributed by atoms with Crippen molar-refractivity contribution in [2.24, 2.45) is 0 Å². The average molecular weight is 464 g/mol. The van der Waals surface area contributed by atoms with Crippen LogP contribution in [0.15, 0.2) is 103 Å². The maximum absolute atomic E-state index is 13.3. The quantitative estimate of drug-likeness (QED) is 0.216. The minimum absolute atomic E-state index is 0.0151. The number of ether oxygens (including phenoxy) is 1. The molecule has 5 heteroatoms. The molecule has 4 aromatic rings. The fourth-order valence-corrected chi connectivity index (χ4v) is 4.50. The summed E-state index contributed by atoms with van der Waals surface area (Å²) in [6, 6.07) is 28.9. The van der Waals surface area contributed by atoms with Crippen molar-refractivity contribution in [2.45, 2.75) is 26.0 Å². The fourth-order valence-electron chi connectivity index (χ4n) is 4.50. The summed E-state index contributed by atoms with van der Waals surface area (Å²) < 4.78 is 5.72. The lowest BCUT2D eigenvalue weighted by molar-refractivity contribution is -0.132. The molecule has 1 N–H and O–H groups in total. The van der Waals surface area contributed by atoms with Gasteiger partial charge >= 0.3 is 0 Å². The zero-order valence-electron chi connectivity index (χ0n) is 19.5. The normalized spacial score (nSPS) is 17.3. The number of hydrogen-bond acceptors (Lipinski definition) is 4. The SMILES string of the molecule is CC(C)Oc1ccc(N2C(=O)C(=O)/C(=C(\O)c3ccc4ccccc4c3)C2c2ccccc2)cc1. The van der Waals surface area contributed by atoms with Crippen molar-refractivity contribution in [3.63, 3.8) is 0 Å². The minimum atomic E-state index is -0.764. The Bertz CT molecular complexity index is 1440. The van der Waals surface area contributed by atoms with E-state index < -0.39 is 17.7 Å². The van der Waals surface area contributed by atoms with Gasteiger partial charge in [-0.3, -0.25) is 14.5 Å². The molecule has 5 rings (SSSR count). The van der Waals surface area contributed by atoms with Crippen LogP contribution in [0.3, 0.4) is 0 Å². The van der Waals surface area contributed by atoms with E-state index in [-0.39, 0.29) is 17.4 Å². The van der Waals surface area contributed by atoms with E-state index in [1.165, 1.54) is 4.90 Å². The van der Waals surface area contributed by atoms with E-state index >= 15 is 0 Å². The Kier molecular flexibility index (Phi) is 5.83. The Hall–Kier alpha value is -4.38. The smallest absolute Gasteiger partial charge is 0.300 e. The summed E-state index contributed by atoms with van der Waals surface area (Å²) in [6.07, 6.45) is 0.0151. The highest BCUT2D eigenvalue weighted by molar-refractivity contribution is 6.51. The van der Waals surface area contributed by atoms with Gasteiger partial charge in [0.1, 0.15) is 11.5 Å². The molecule has 1 aliphatic heterocycles. The molecule has 35 heavy (non-hydrogen) atoms. The maximum atomic E-state index is 13.3. The van der Waals surface area contributed by atoms with Gasteiger partial charge in [0.15, 0.2) is 0 Å². The topological polar surface area (TPSA) is 66.8 Å². The van der Waals surface area contributed by atoms with Crippen LogP contribution < -0.4 is 9.64 Å². The van der Waals surface area contributed by atoms with Crippen LogP contribution in [0.5, 0.6) is 5.75 Å². The van der Waals surface area contributed by atoms with Gasteiger partial charge in [-0.15, -0.1) is 0 Å². The zero-order chi connectivity index (χ0) is 24.5. The Morgan fingerprint density at radius 3 is 2.17 bits per heavy atom. The highest BCUT2D eigenvalue weighted by Gasteiger charge is 2.46. The maximum Gasteiger partial charge on any atom is 0.300 e. The largest absolute Gasteiger partial charge is 0.507 e. The molecule has 0 aliphatic carbocycles. The summed E-state index contributed by atoms with van der Waals surface area (Å²) >= 11 is 0. The number of nitrogens with zero attached hydrogens (tertiary/aromatic N) is 1. The Morgan fingerprint density at radius 1 is 0.829 bits per heavy atom. The number of carbonyl (C=O) groups excluding carboxylic acids is 2. The molecule has 0 bridgehead atoms. The molecule has 0 spiro atoms. The minimum Gasteiger partial charge on any atom is -0.507 e. The Balaban J connectivity index is 1.65. The second kappa shape index (κ2) is 9.11. The summed E-state index contributed by atoms with van der Waals surface area (Å²) in [7, 11) is 0. The molecule has 0 radical (unpaired) electrons. The molecule has 1 fully saturated rings. The number of aliphatic hydroxyl groups is 1. The third-order valence-corrected chi connectivity index (χ3v) is 6.07. The average Bonchev–Trinajstić information content (AvgIpc) is 3.14. The van der Waals surface area contributed by atoms with Gasteiger partial charge in [0.25, 0.3) is 11.7 Å². The molecule has 1 amide bonds. The van der Waals surface area contributed by atoms with Crippen LogP contribution in [0.2, 0.25) is 0 Å². The fraction of sp³-hybridized carbons (Fsp3) is 0.133. The van der Waals surface area contributed by atoms with Gasteiger partial charge in [-0.05, 0) is 60.5 Å². The second-order valence-electron chi connectivity index (χ2n) is 8.80. The van der Waals surface area contributed by atoms with Gasteiger partial charge in [-0.25, -0.2) is 0 Å². The molecule has 1 heterocycles. The van der Waals surface area contributed by atoms with E-state index in [0.717, 1.165) is 16.3 Å². The number of hydrogen-bond donors (Lipinski definition) is 1. The molecular formula is C30H25NO4. The number of fused-ring (bicyclic) bond motifs is 1. The van der Waals surface area contributed by atoms with Gasteiger partial charge in [0.05, 0.1) is 17.7 Å². The Labute approximate surface area is 203 Å². The number of benzene rings is 4. The molecule has 174 valence electrons. The highest BCUT2D eigenvalue weighted by atomic mass is 16.5. The van der Waals surface area contributed by atoms with E-state index in [0.29, 0.717) is 17.0 Å². The summed E-state index contributed by atoms with van der Waals surface area (Å²) in [5, 5.41) is 13.3. The van der Waals surface area contributed by atoms with Crippen molar-refractivity contribution in [3.8, 4) is 5.75 Å². The van der Waals surface area contributed by atoms with E-state index in [1.807, 2.05) is 80.6 Å². The van der Waals surface area contributed by atoms with Crippen LogP contribution in [0, 0.1) is 0 Å². The van der Waals surface area contributed by atoms with Gasteiger partial charge in [0.2, 0.25) is 0 Å². The molecule has 1 unspecified atom stereocenters. The van der Waals surface area contributed by atoms with Gasteiger partial charge in [0, 0.05) is 11.3 Å². The first kappa shape index (κ1) is 22.4. The number of rotatable bonds is 5. The first-order valence-electron chi connectivity index (χ1n) is 11.6. The van der Waals surface area contributed by atoms with Gasteiger partial charge in [-0.1, -0.05) is 66.7 Å². The van der Waals surface area contributed by atoms with Crippen molar-refractivity contribution in [1.82, 2.24) is 0 Å². The number of anilines is 1. The molecule has 4 aromatic carbocycles. The predicted molar refractivity (Wildman–Crippen MR) is 137 cm³/mol. The zero-order valence-corrected chi connectivity index (χ0v) is 19.5. The molecule has 1 aliphatic rings. The summed E-state index contributed by atoms with van der Waals surface area (Å²) in [5.41, 5.74) is 1.84. The van der Waals surface area contributed by atoms with Crippen LogP contribution >= 0.6 is 0 Å². The monoisotopic (exact) mass is 463 g/mol. The van der Waals surface area contributed by atoms with Crippen LogP contribution in [0.1, 0.15) is 31.0 Å². The van der Waals surface area contributed by atoms with Crippen LogP contribution in [-0.2, 0) is 9.59 Å². The van der Waals surface area contributed by atoms with Crippen molar-refractivity contribution in [2.75, 3.05) is 4.90 Å². The molecular weight excluding hydrogens is 438 g/mol. The first-order valence-corrected chi connectivity index (χ1v) is 11.6. The molecule has 1 atom stereocenters. The summed E-state index contributed by atoms with van der Waals surface area (Å²) in [6.45, 7) is 3.88. The van der Waals surface area contributed by atoms with E-state index in [9.17, 15) is 14.7 Å². The molecule has 1 saturated heterocycles. The first-order chi connectivity index (χ1) is 16.9. The lowest BCUT2D eigenvalue weighted by atomic mass is 9.94. The molecule has 0 saturated carbocycles. The third kappa shape index (κ3) is 4.17. The van der Waals surface area contributed by atoms with Crippen molar-refractivity contribution >= 4 is 33.9 Å². The van der Waals surface area contributed by atoms with Gasteiger partial charge < -0.3 is 9.84 Å². The summed E-state index contributed by atoms with van der Waals surface area (Å²) in [4.78, 5) is 28.1. The number of amides is 1. The molecule has 0 aromatic heterocycles. The van der Waals surface area contributed by atoms with E-state index in [1.54, 1.807) is 30.3 Å². The predicted octanol–water partition coefficient (Wildman–Crippen LogP) is 6.25. The van der Waals surface area contributed by atoms with Crippen molar-refractivity contribution in [1.29, 1.82) is 0 Å². The van der Waals surface area contributed by atoms with Gasteiger partial charge in [-0.2, -0.15) is 0 Å².